The maximum atomic E-state index is 12.7. The Morgan fingerprint density at radius 3 is 2.69 bits per heavy atom. The first-order valence-corrected chi connectivity index (χ1v) is 10.2. The smallest absolute Gasteiger partial charge is 0.310 e. The standard InChI is InChI=1S/C24H18N2O2S/c1-15-20(19-11-4-5-12-21(19)25-15)13-22-23(27)26(24(28)29-22)14-17-9-6-8-16-7-2-3-10-18(16)17/h2-13,27H,14H2,1H3/b20-13-. The summed E-state index contributed by atoms with van der Waals surface area (Å²) in [6.07, 6.45) is 1.87. The Morgan fingerprint density at radius 1 is 1.03 bits per heavy atom. The van der Waals surface area contributed by atoms with Crippen molar-refractivity contribution in [2.75, 3.05) is 0 Å². The fourth-order valence-corrected chi connectivity index (χ4v) is 4.62. The van der Waals surface area contributed by atoms with Crippen molar-refractivity contribution in [3.63, 3.8) is 0 Å². The number of benzene rings is 3. The number of hydrogen-bond donors (Lipinski definition) is 1. The summed E-state index contributed by atoms with van der Waals surface area (Å²) in [6, 6.07) is 22.0. The van der Waals surface area contributed by atoms with Crippen LogP contribution in [-0.4, -0.2) is 15.4 Å². The maximum absolute atomic E-state index is 12.7. The molecule has 3 aromatic carbocycles. The normalized spacial score (nSPS) is 14.4. The van der Waals surface area contributed by atoms with Crippen LogP contribution in [0.1, 0.15) is 22.9 Å². The number of aromatic hydroxyl groups is 1. The molecule has 0 aliphatic carbocycles. The zero-order valence-corrected chi connectivity index (χ0v) is 16.6. The average Bonchev–Trinajstić information content (AvgIpc) is 3.19. The third-order valence-corrected chi connectivity index (χ3v) is 6.17. The molecule has 4 aromatic rings. The van der Waals surface area contributed by atoms with Gasteiger partial charge in [-0.15, -0.1) is 0 Å². The summed E-state index contributed by atoms with van der Waals surface area (Å²) in [5.41, 5.74) is 4.76. The van der Waals surface area contributed by atoms with Crippen molar-refractivity contribution >= 4 is 45.2 Å². The number of rotatable bonds is 3. The molecule has 1 N–H and O–H groups in total. The lowest BCUT2D eigenvalue weighted by molar-refractivity contribution is 0.421. The number of thiazole rings is 1. The molecule has 2 heterocycles. The highest BCUT2D eigenvalue weighted by Crippen LogP contribution is 2.37. The van der Waals surface area contributed by atoms with Crippen LogP contribution in [0.25, 0.3) is 22.4 Å². The summed E-state index contributed by atoms with van der Waals surface area (Å²) >= 11 is 1.06. The number of allylic oxidation sites excluding steroid dienone is 1. The van der Waals surface area contributed by atoms with E-state index in [1.807, 2.05) is 79.7 Å². The Bertz CT molecular complexity index is 1370. The second kappa shape index (κ2) is 6.87. The number of para-hydroxylation sites is 1. The van der Waals surface area contributed by atoms with Crippen molar-refractivity contribution in [3.05, 3.63) is 92.4 Å². The number of hydrogen-bond acceptors (Lipinski definition) is 4. The van der Waals surface area contributed by atoms with E-state index in [9.17, 15) is 9.90 Å². The minimum Gasteiger partial charge on any atom is -0.493 e. The lowest BCUT2D eigenvalue weighted by Gasteiger charge is -2.08. The molecule has 0 amide bonds. The van der Waals surface area contributed by atoms with Crippen molar-refractivity contribution in [1.29, 1.82) is 0 Å². The van der Waals surface area contributed by atoms with Crippen molar-refractivity contribution < 1.29 is 5.11 Å². The lowest BCUT2D eigenvalue weighted by Crippen LogP contribution is -2.13. The molecule has 142 valence electrons. The molecular weight excluding hydrogens is 380 g/mol. The Hall–Kier alpha value is -3.44. The summed E-state index contributed by atoms with van der Waals surface area (Å²) < 4.78 is 1.44. The molecule has 0 unspecified atom stereocenters. The van der Waals surface area contributed by atoms with E-state index in [-0.39, 0.29) is 10.8 Å². The topological polar surface area (TPSA) is 54.6 Å². The van der Waals surface area contributed by atoms with Gasteiger partial charge < -0.3 is 5.11 Å². The number of fused-ring (bicyclic) bond motifs is 2. The zero-order chi connectivity index (χ0) is 20.0. The fraction of sp³-hybridized carbons (Fsp3) is 0.0833. The van der Waals surface area contributed by atoms with E-state index < -0.39 is 0 Å². The van der Waals surface area contributed by atoms with Gasteiger partial charge in [0, 0.05) is 16.8 Å². The van der Waals surface area contributed by atoms with E-state index in [1.165, 1.54) is 4.57 Å². The van der Waals surface area contributed by atoms with Crippen LogP contribution in [0.2, 0.25) is 0 Å². The Kier molecular flexibility index (Phi) is 4.18. The van der Waals surface area contributed by atoms with Gasteiger partial charge in [-0.1, -0.05) is 72.0 Å². The first-order valence-electron chi connectivity index (χ1n) is 9.38. The molecule has 29 heavy (non-hydrogen) atoms. The van der Waals surface area contributed by atoms with Gasteiger partial charge in [0.25, 0.3) is 0 Å². The van der Waals surface area contributed by atoms with Gasteiger partial charge in [-0.05, 0) is 35.4 Å². The molecule has 0 atom stereocenters. The van der Waals surface area contributed by atoms with Gasteiger partial charge in [-0.2, -0.15) is 0 Å². The van der Waals surface area contributed by atoms with E-state index in [0.29, 0.717) is 11.4 Å². The van der Waals surface area contributed by atoms with Gasteiger partial charge in [-0.3, -0.25) is 14.4 Å². The van der Waals surface area contributed by atoms with Gasteiger partial charge in [0.1, 0.15) is 0 Å². The molecule has 0 radical (unpaired) electrons. The van der Waals surface area contributed by atoms with Gasteiger partial charge >= 0.3 is 4.87 Å². The molecular formula is C24H18N2O2S. The molecule has 0 fully saturated rings. The van der Waals surface area contributed by atoms with Gasteiger partial charge in [0.2, 0.25) is 5.88 Å². The minimum atomic E-state index is -0.178. The number of aromatic nitrogens is 1. The van der Waals surface area contributed by atoms with Crippen molar-refractivity contribution in [1.82, 2.24) is 4.57 Å². The van der Waals surface area contributed by atoms with Crippen molar-refractivity contribution in [3.8, 4) is 5.88 Å². The predicted molar refractivity (Wildman–Crippen MR) is 120 cm³/mol. The zero-order valence-electron chi connectivity index (χ0n) is 15.8. The molecule has 1 aromatic heterocycles. The number of aliphatic imine (C=N–C) groups is 1. The molecule has 5 rings (SSSR count). The molecule has 0 spiro atoms. The third kappa shape index (κ3) is 3.00. The van der Waals surface area contributed by atoms with Gasteiger partial charge in [0.15, 0.2) is 0 Å². The predicted octanol–water partition coefficient (Wildman–Crippen LogP) is 5.46. The molecule has 0 bridgehead atoms. The third-order valence-electron chi connectivity index (χ3n) is 5.25. The molecule has 1 aliphatic rings. The van der Waals surface area contributed by atoms with Crippen LogP contribution in [0.3, 0.4) is 0 Å². The highest BCUT2D eigenvalue weighted by molar-refractivity contribution is 7.10. The van der Waals surface area contributed by atoms with Crippen LogP contribution < -0.4 is 4.87 Å². The maximum Gasteiger partial charge on any atom is 0.310 e. The van der Waals surface area contributed by atoms with Gasteiger partial charge in [0.05, 0.1) is 17.1 Å². The number of nitrogens with zero attached hydrogens (tertiary/aromatic N) is 2. The van der Waals surface area contributed by atoms with E-state index in [2.05, 4.69) is 4.99 Å². The SMILES string of the molecule is CC1=Nc2ccccc2/C1=C\c1sc(=O)n(Cc2cccc3ccccc23)c1O. The molecule has 0 saturated heterocycles. The van der Waals surface area contributed by atoms with Crippen LogP contribution in [0.5, 0.6) is 5.88 Å². The van der Waals surface area contributed by atoms with Crippen molar-refractivity contribution in [2.24, 2.45) is 4.99 Å². The summed E-state index contributed by atoms with van der Waals surface area (Å²) in [6.45, 7) is 2.27. The van der Waals surface area contributed by atoms with E-state index in [4.69, 9.17) is 0 Å². The minimum absolute atomic E-state index is 0.00221. The van der Waals surface area contributed by atoms with E-state index in [1.54, 1.807) is 0 Å². The summed E-state index contributed by atoms with van der Waals surface area (Å²) in [5, 5.41) is 13.0. The van der Waals surface area contributed by atoms with Crippen LogP contribution in [0, 0.1) is 0 Å². The highest BCUT2D eigenvalue weighted by Gasteiger charge is 2.20. The first kappa shape index (κ1) is 17.6. The first-order chi connectivity index (χ1) is 14.1. The average molecular weight is 398 g/mol. The second-order valence-corrected chi connectivity index (χ2v) is 8.05. The van der Waals surface area contributed by atoms with Crippen LogP contribution >= 0.6 is 11.3 Å². The van der Waals surface area contributed by atoms with Crippen LogP contribution in [0.4, 0.5) is 5.69 Å². The highest BCUT2D eigenvalue weighted by atomic mass is 32.1. The fourth-order valence-electron chi connectivity index (χ4n) is 3.80. The Balaban J connectivity index is 1.57. The second-order valence-electron chi connectivity index (χ2n) is 7.05. The summed E-state index contributed by atoms with van der Waals surface area (Å²) in [4.78, 5) is 17.6. The monoisotopic (exact) mass is 398 g/mol. The van der Waals surface area contributed by atoms with Crippen LogP contribution in [-0.2, 0) is 6.54 Å². The van der Waals surface area contributed by atoms with Crippen LogP contribution in [0.15, 0.2) is 76.5 Å². The Labute approximate surface area is 171 Å². The molecule has 0 saturated carbocycles. The molecule has 1 aliphatic heterocycles. The van der Waals surface area contributed by atoms with Crippen molar-refractivity contribution in [2.45, 2.75) is 13.5 Å². The molecule has 5 heteroatoms. The molecule has 4 nitrogen and oxygen atoms in total. The Morgan fingerprint density at radius 2 is 1.79 bits per heavy atom. The van der Waals surface area contributed by atoms with E-state index >= 15 is 0 Å². The van der Waals surface area contributed by atoms with Gasteiger partial charge in [-0.25, -0.2) is 0 Å². The quantitative estimate of drug-likeness (QED) is 0.498. The summed E-state index contributed by atoms with van der Waals surface area (Å²) in [7, 11) is 0. The lowest BCUT2D eigenvalue weighted by atomic mass is 10.0. The van der Waals surface area contributed by atoms with E-state index in [0.717, 1.165) is 50.2 Å². The largest absolute Gasteiger partial charge is 0.493 e. The summed E-state index contributed by atoms with van der Waals surface area (Å²) in [5.74, 6) is -0.00221.